The second kappa shape index (κ2) is 7.60. The van der Waals surface area contributed by atoms with Gasteiger partial charge in [-0.1, -0.05) is 11.6 Å². The first kappa shape index (κ1) is 19.0. The van der Waals surface area contributed by atoms with E-state index >= 15 is 0 Å². The number of aromatic amines is 1. The van der Waals surface area contributed by atoms with Crippen molar-refractivity contribution in [2.75, 3.05) is 12.4 Å². The van der Waals surface area contributed by atoms with E-state index in [2.05, 4.69) is 20.4 Å². The van der Waals surface area contributed by atoms with E-state index in [9.17, 15) is 4.79 Å². The molecule has 2 aromatic heterocycles. The van der Waals surface area contributed by atoms with Crippen LogP contribution in [0.4, 0.5) is 5.69 Å². The Kier molecular flexibility index (Phi) is 4.98. The number of carbonyl (C=O) groups excluding carboxylic acids is 1. The van der Waals surface area contributed by atoms with Crippen LogP contribution in [0, 0.1) is 13.8 Å². The summed E-state index contributed by atoms with van der Waals surface area (Å²) in [6.07, 6.45) is 0.119. The van der Waals surface area contributed by atoms with Gasteiger partial charge in [-0.2, -0.15) is 5.10 Å². The first-order valence-corrected chi connectivity index (χ1v) is 9.46. The number of rotatable bonds is 5. The van der Waals surface area contributed by atoms with E-state index in [1.54, 1.807) is 25.3 Å². The molecule has 7 nitrogen and oxygen atoms in total. The number of hydrogen-bond donors (Lipinski definition) is 2. The Morgan fingerprint density at radius 3 is 2.76 bits per heavy atom. The fourth-order valence-corrected chi connectivity index (χ4v) is 3.45. The predicted octanol–water partition coefficient (Wildman–Crippen LogP) is 4.21. The number of methoxy groups -OCH3 is 1. The van der Waals surface area contributed by atoms with Crippen molar-refractivity contribution in [3.8, 4) is 11.4 Å². The first-order valence-electron chi connectivity index (χ1n) is 9.08. The van der Waals surface area contributed by atoms with Crippen LogP contribution in [0.5, 0.6) is 5.75 Å². The zero-order valence-corrected chi connectivity index (χ0v) is 17.0. The maximum absolute atomic E-state index is 12.5. The molecule has 0 bridgehead atoms. The molecule has 0 atom stereocenters. The van der Waals surface area contributed by atoms with Gasteiger partial charge in [0.15, 0.2) is 0 Å². The fraction of sp³-hybridized carbons (Fsp3) is 0.190. The maximum atomic E-state index is 12.5. The maximum Gasteiger partial charge on any atom is 0.231 e. The van der Waals surface area contributed by atoms with Crippen LogP contribution >= 0.6 is 11.6 Å². The zero-order valence-electron chi connectivity index (χ0n) is 16.3. The number of anilines is 1. The average molecular weight is 410 g/mol. The van der Waals surface area contributed by atoms with Crippen LogP contribution in [0.25, 0.3) is 16.7 Å². The van der Waals surface area contributed by atoms with Gasteiger partial charge in [-0.15, -0.1) is 0 Å². The quantitative estimate of drug-likeness (QED) is 0.517. The van der Waals surface area contributed by atoms with Crippen LogP contribution in [0.3, 0.4) is 0 Å². The lowest BCUT2D eigenvalue weighted by Gasteiger charge is -2.12. The normalized spacial score (nSPS) is 11.0. The number of amides is 1. The highest BCUT2D eigenvalue weighted by atomic mass is 35.5. The van der Waals surface area contributed by atoms with Gasteiger partial charge in [0.1, 0.15) is 17.3 Å². The van der Waals surface area contributed by atoms with E-state index in [-0.39, 0.29) is 12.3 Å². The third-order valence-electron chi connectivity index (χ3n) is 4.52. The lowest BCUT2D eigenvalue weighted by molar-refractivity contribution is -0.115. The molecule has 8 heteroatoms. The van der Waals surface area contributed by atoms with Gasteiger partial charge in [0.2, 0.25) is 5.91 Å². The number of halogens is 1. The number of benzene rings is 2. The van der Waals surface area contributed by atoms with E-state index in [0.29, 0.717) is 22.3 Å². The highest BCUT2D eigenvalue weighted by molar-refractivity contribution is 6.31. The SMILES string of the molecule is COc1cc(NC(=O)Cc2nc3ccc(Cl)cc3[nH]2)ccc1-n1nc(C)cc1C. The molecule has 148 valence electrons. The van der Waals surface area contributed by atoms with E-state index < -0.39 is 0 Å². The van der Waals surface area contributed by atoms with Crippen LogP contribution in [0.2, 0.25) is 5.02 Å². The highest BCUT2D eigenvalue weighted by Crippen LogP contribution is 2.27. The van der Waals surface area contributed by atoms with Crippen LogP contribution in [0.15, 0.2) is 42.5 Å². The number of carbonyl (C=O) groups is 1. The van der Waals surface area contributed by atoms with E-state index in [1.807, 2.05) is 42.8 Å². The number of imidazole rings is 1. The van der Waals surface area contributed by atoms with Gasteiger partial charge in [0, 0.05) is 22.5 Å². The molecule has 0 radical (unpaired) electrons. The Balaban J connectivity index is 1.52. The minimum absolute atomic E-state index is 0.119. The van der Waals surface area contributed by atoms with Crippen molar-refractivity contribution in [3.63, 3.8) is 0 Å². The molecular formula is C21H20ClN5O2. The van der Waals surface area contributed by atoms with Gasteiger partial charge < -0.3 is 15.0 Å². The Morgan fingerprint density at radius 2 is 2.03 bits per heavy atom. The van der Waals surface area contributed by atoms with Gasteiger partial charge in [0.25, 0.3) is 0 Å². The van der Waals surface area contributed by atoms with Crippen LogP contribution in [-0.2, 0) is 11.2 Å². The second-order valence-corrected chi connectivity index (χ2v) is 7.23. The minimum Gasteiger partial charge on any atom is -0.494 e. The van der Waals surface area contributed by atoms with Crippen molar-refractivity contribution < 1.29 is 9.53 Å². The van der Waals surface area contributed by atoms with Crippen molar-refractivity contribution in [1.29, 1.82) is 0 Å². The summed E-state index contributed by atoms with van der Waals surface area (Å²) in [6.45, 7) is 3.92. The van der Waals surface area contributed by atoms with Crippen molar-refractivity contribution in [2.45, 2.75) is 20.3 Å². The molecule has 0 fully saturated rings. The molecule has 1 amide bonds. The highest BCUT2D eigenvalue weighted by Gasteiger charge is 2.13. The van der Waals surface area contributed by atoms with Crippen molar-refractivity contribution in [3.05, 3.63) is 64.7 Å². The summed E-state index contributed by atoms with van der Waals surface area (Å²) in [5.41, 5.74) is 4.95. The molecule has 0 unspecified atom stereocenters. The molecule has 0 spiro atoms. The molecule has 0 aliphatic carbocycles. The number of ether oxygens (including phenoxy) is 1. The van der Waals surface area contributed by atoms with Gasteiger partial charge >= 0.3 is 0 Å². The van der Waals surface area contributed by atoms with Gasteiger partial charge in [-0.3, -0.25) is 4.79 Å². The number of aromatic nitrogens is 4. The Labute approximate surface area is 172 Å². The molecule has 0 aliphatic heterocycles. The van der Waals surface area contributed by atoms with Crippen LogP contribution in [0.1, 0.15) is 17.2 Å². The average Bonchev–Trinajstić information content (AvgIpc) is 3.22. The van der Waals surface area contributed by atoms with Crippen LogP contribution in [-0.4, -0.2) is 32.8 Å². The van der Waals surface area contributed by atoms with E-state index in [1.165, 1.54) is 0 Å². The summed E-state index contributed by atoms with van der Waals surface area (Å²) in [7, 11) is 1.59. The summed E-state index contributed by atoms with van der Waals surface area (Å²) >= 11 is 5.99. The van der Waals surface area contributed by atoms with Gasteiger partial charge in [-0.25, -0.2) is 9.67 Å². The molecule has 29 heavy (non-hydrogen) atoms. The summed E-state index contributed by atoms with van der Waals surface area (Å²) in [4.78, 5) is 20.0. The van der Waals surface area contributed by atoms with E-state index in [4.69, 9.17) is 16.3 Å². The summed E-state index contributed by atoms with van der Waals surface area (Å²) in [5, 5.41) is 7.99. The van der Waals surface area contributed by atoms with Crippen LogP contribution < -0.4 is 10.1 Å². The van der Waals surface area contributed by atoms with Crippen molar-refractivity contribution >= 4 is 34.2 Å². The topological polar surface area (TPSA) is 84.8 Å². The Hall–Kier alpha value is -3.32. The smallest absolute Gasteiger partial charge is 0.231 e. The largest absolute Gasteiger partial charge is 0.494 e. The van der Waals surface area contributed by atoms with Gasteiger partial charge in [-0.05, 0) is 50.2 Å². The minimum atomic E-state index is -0.184. The number of aryl methyl sites for hydroxylation is 2. The van der Waals surface area contributed by atoms with Crippen molar-refractivity contribution in [2.24, 2.45) is 0 Å². The Bertz CT molecular complexity index is 1210. The van der Waals surface area contributed by atoms with Crippen molar-refractivity contribution in [1.82, 2.24) is 19.7 Å². The molecule has 2 N–H and O–H groups in total. The molecule has 2 heterocycles. The fourth-order valence-electron chi connectivity index (χ4n) is 3.28. The standard InChI is InChI=1S/C21H20ClN5O2/c1-12-8-13(2)27(26-12)18-7-5-15(10-19(18)29-3)23-21(28)11-20-24-16-6-4-14(22)9-17(16)25-20/h4-10H,11H2,1-3H3,(H,23,28)(H,24,25). The molecule has 0 aliphatic rings. The molecule has 0 saturated carbocycles. The first-order chi connectivity index (χ1) is 13.9. The molecule has 2 aromatic carbocycles. The summed E-state index contributed by atoms with van der Waals surface area (Å²) < 4.78 is 7.33. The lowest BCUT2D eigenvalue weighted by atomic mass is 10.2. The molecular weight excluding hydrogens is 390 g/mol. The number of hydrogen-bond acceptors (Lipinski definition) is 4. The number of H-pyrrole nitrogens is 1. The number of nitrogens with one attached hydrogen (secondary N) is 2. The predicted molar refractivity (Wildman–Crippen MR) is 113 cm³/mol. The zero-order chi connectivity index (χ0) is 20.5. The number of fused-ring (bicyclic) bond motifs is 1. The van der Waals surface area contributed by atoms with Gasteiger partial charge in [0.05, 0.1) is 30.3 Å². The summed E-state index contributed by atoms with van der Waals surface area (Å²) in [5.74, 6) is 1.01. The third kappa shape index (κ3) is 3.95. The van der Waals surface area contributed by atoms with E-state index in [0.717, 1.165) is 28.1 Å². The summed E-state index contributed by atoms with van der Waals surface area (Å²) in [6, 6.07) is 12.8. The molecule has 4 aromatic rings. The molecule has 0 saturated heterocycles. The molecule has 4 rings (SSSR count). The third-order valence-corrected chi connectivity index (χ3v) is 4.76. The lowest BCUT2D eigenvalue weighted by Crippen LogP contribution is -2.15. The Morgan fingerprint density at radius 1 is 1.21 bits per heavy atom. The monoisotopic (exact) mass is 409 g/mol. The second-order valence-electron chi connectivity index (χ2n) is 6.80. The number of nitrogens with zero attached hydrogens (tertiary/aromatic N) is 3.